The first-order valence-corrected chi connectivity index (χ1v) is 9.75. The van der Waals surface area contributed by atoms with Crippen LogP contribution in [0.4, 0.5) is 0 Å². The summed E-state index contributed by atoms with van der Waals surface area (Å²) in [6, 6.07) is 6.82. The van der Waals surface area contributed by atoms with E-state index in [-0.39, 0.29) is 0 Å². The van der Waals surface area contributed by atoms with Gasteiger partial charge >= 0.3 is 0 Å². The Bertz CT molecular complexity index is 1140. The molecule has 0 unspecified atom stereocenters. The molecule has 10 heteroatoms. The molecule has 0 spiro atoms. The van der Waals surface area contributed by atoms with Gasteiger partial charge in [0.05, 0.1) is 11.7 Å². The maximum Gasteiger partial charge on any atom is 0.203 e. The van der Waals surface area contributed by atoms with Gasteiger partial charge in [0.1, 0.15) is 36.7 Å². The second-order valence-corrected chi connectivity index (χ2v) is 7.96. The van der Waals surface area contributed by atoms with Crippen LogP contribution in [0.3, 0.4) is 0 Å². The van der Waals surface area contributed by atoms with E-state index in [0.29, 0.717) is 27.1 Å². The fourth-order valence-electron chi connectivity index (χ4n) is 3.83. The van der Waals surface area contributed by atoms with Gasteiger partial charge in [-0.2, -0.15) is 0 Å². The van der Waals surface area contributed by atoms with Gasteiger partial charge in [-0.3, -0.25) is 0 Å². The largest absolute Gasteiger partial charge is 0.397 e. The van der Waals surface area contributed by atoms with Crippen LogP contribution in [-0.2, 0) is 9.57 Å². The van der Waals surface area contributed by atoms with Crippen molar-refractivity contribution < 1.29 is 24.9 Å². The van der Waals surface area contributed by atoms with E-state index in [2.05, 4.69) is 15.1 Å². The van der Waals surface area contributed by atoms with E-state index in [1.165, 1.54) is 20.4 Å². The minimum absolute atomic E-state index is 0.359. The maximum absolute atomic E-state index is 11.0. The van der Waals surface area contributed by atoms with Crippen LogP contribution in [0.1, 0.15) is 30.4 Å². The van der Waals surface area contributed by atoms with Gasteiger partial charge in [0.2, 0.25) is 5.49 Å². The van der Waals surface area contributed by atoms with Crippen molar-refractivity contribution >= 4 is 22.6 Å². The molecule has 0 saturated carbocycles. The molecule has 0 radical (unpaired) electrons. The van der Waals surface area contributed by atoms with Crippen LogP contribution >= 0.6 is 11.6 Å². The molecule has 0 aliphatic carbocycles. The lowest BCUT2D eigenvalue weighted by Crippen LogP contribution is -2.47. The molecule has 4 N–H and O–H groups in total. The van der Waals surface area contributed by atoms with Crippen LogP contribution in [0.25, 0.3) is 11.0 Å². The zero-order valence-corrected chi connectivity index (χ0v) is 17.4. The van der Waals surface area contributed by atoms with Gasteiger partial charge in [-0.15, -0.1) is 0 Å². The number of aryl methyl sites for hydroxylation is 1. The number of ether oxygens (including phenoxy) is 1. The van der Waals surface area contributed by atoms with Crippen molar-refractivity contribution in [3.8, 4) is 0 Å². The monoisotopic (exact) mass is 434 g/mol. The van der Waals surface area contributed by atoms with E-state index in [0.717, 1.165) is 5.56 Å². The van der Waals surface area contributed by atoms with Crippen molar-refractivity contribution in [1.82, 2.24) is 14.5 Å². The number of nitrogens with zero attached hydrogens (tertiary/aromatic N) is 3. The summed E-state index contributed by atoms with van der Waals surface area (Å²) in [6.07, 6.45) is -1.41. The van der Waals surface area contributed by atoms with Crippen LogP contribution in [0, 0.1) is 6.92 Å². The Balaban J connectivity index is 1.72. The number of aliphatic hydroxyl groups excluding tert-OH is 2. The molecule has 5 atom stereocenters. The number of rotatable bonds is 4. The first-order valence-electron chi connectivity index (χ1n) is 9.37. The summed E-state index contributed by atoms with van der Waals surface area (Å²) in [5.41, 5.74) is 0.525. The van der Waals surface area contributed by atoms with Gasteiger partial charge < -0.3 is 34.4 Å². The van der Waals surface area contributed by atoms with Gasteiger partial charge in [0, 0.05) is 11.2 Å². The van der Waals surface area contributed by atoms with E-state index < -0.39 is 30.1 Å². The predicted molar refractivity (Wildman–Crippen MR) is 108 cm³/mol. The number of fused-ring (bicyclic) bond motifs is 1. The smallest absolute Gasteiger partial charge is 0.203 e. The highest BCUT2D eigenvalue weighted by molar-refractivity contribution is 6.31. The van der Waals surface area contributed by atoms with Crippen molar-refractivity contribution in [3.63, 3.8) is 0 Å². The van der Waals surface area contributed by atoms with E-state index in [4.69, 9.17) is 21.2 Å². The molecule has 1 aliphatic rings. The number of nitrogens with one attached hydrogen (secondary N) is 1. The number of hydrogen-bond acceptors (Lipinski definition) is 7. The molecular weight excluding hydrogens is 412 g/mol. The van der Waals surface area contributed by atoms with Gasteiger partial charge in [0.25, 0.3) is 0 Å². The molecule has 0 bridgehead atoms. The number of aliphatic hydroxyl groups is 3. The summed E-state index contributed by atoms with van der Waals surface area (Å²) in [7, 11) is 1.42. The SMILES string of the molecule is CO/N=c1/nc[nH]c2c1ccn2[C@@H]1O[C@H]([C@H](O)c2ccc(Cl)c(C)c2)[C@@](C)(O)[C@H]1O. The standard InChI is InChI=1S/C20H23ClN4O5/c1-10-8-11(4-5-13(10)21)14(26)16-20(2,28)15(27)19(30-16)25-7-6-12-17(24-29-3)22-9-23-18(12)25/h4-9,14-16,19,26-28H,1-3H3,(H,22,23,24)/t14-,15+,16-,19-,20+/m1/s1. The summed E-state index contributed by atoms with van der Waals surface area (Å²) in [5.74, 6) is 0. The average molecular weight is 435 g/mol. The number of halogens is 1. The lowest BCUT2D eigenvalue weighted by Gasteiger charge is -2.30. The highest BCUT2D eigenvalue weighted by atomic mass is 35.5. The van der Waals surface area contributed by atoms with Gasteiger partial charge in [-0.25, -0.2) is 4.98 Å². The van der Waals surface area contributed by atoms with Crippen molar-refractivity contribution in [2.45, 2.75) is 44.0 Å². The Morgan fingerprint density at radius 1 is 1.40 bits per heavy atom. The molecule has 2 aromatic heterocycles. The van der Waals surface area contributed by atoms with Crippen molar-refractivity contribution in [1.29, 1.82) is 0 Å². The summed E-state index contributed by atoms with van der Waals surface area (Å²) in [5, 5.41) is 37.9. The molecule has 1 aromatic carbocycles. The van der Waals surface area contributed by atoms with Crippen LogP contribution in [-0.4, -0.2) is 54.8 Å². The van der Waals surface area contributed by atoms with E-state index in [9.17, 15) is 15.3 Å². The van der Waals surface area contributed by atoms with E-state index in [1.54, 1.807) is 35.0 Å². The molecule has 30 heavy (non-hydrogen) atoms. The molecule has 0 amide bonds. The van der Waals surface area contributed by atoms with Crippen molar-refractivity contribution in [3.05, 3.63) is 58.4 Å². The van der Waals surface area contributed by atoms with Gasteiger partial charge in [-0.05, 0) is 37.1 Å². The normalized spacial score (nSPS) is 28.2. The molecule has 1 fully saturated rings. The quantitative estimate of drug-likeness (QED) is 0.461. The van der Waals surface area contributed by atoms with Crippen LogP contribution in [0.5, 0.6) is 0 Å². The first-order chi connectivity index (χ1) is 14.3. The molecule has 1 aliphatic heterocycles. The highest BCUT2D eigenvalue weighted by Gasteiger charge is 2.55. The summed E-state index contributed by atoms with van der Waals surface area (Å²) >= 11 is 6.07. The number of benzene rings is 1. The second kappa shape index (κ2) is 7.68. The lowest BCUT2D eigenvalue weighted by atomic mass is 9.88. The van der Waals surface area contributed by atoms with Gasteiger partial charge in [-0.1, -0.05) is 28.9 Å². The van der Waals surface area contributed by atoms with Crippen LogP contribution in [0.15, 0.2) is 41.9 Å². The van der Waals surface area contributed by atoms with E-state index in [1.807, 2.05) is 6.92 Å². The van der Waals surface area contributed by atoms with Crippen LogP contribution in [0.2, 0.25) is 5.02 Å². The average Bonchev–Trinajstić information content (AvgIpc) is 3.24. The minimum Gasteiger partial charge on any atom is -0.397 e. The summed E-state index contributed by atoms with van der Waals surface area (Å²) in [6.45, 7) is 3.26. The number of aromatic amines is 1. The lowest BCUT2D eigenvalue weighted by molar-refractivity contribution is -0.115. The topological polar surface area (TPSA) is 125 Å². The predicted octanol–water partition coefficient (Wildman–Crippen LogP) is 1.53. The second-order valence-electron chi connectivity index (χ2n) is 7.56. The number of hydrogen-bond donors (Lipinski definition) is 4. The van der Waals surface area contributed by atoms with Gasteiger partial charge in [0.15, 0.2) is 6.23 Å². The fraction of sp³-hybridized carbons (Fsp3) is 0.400. The Kier molecular flexibility index (Phi) is 5.33. The summed E-state index contributed by atoms with van der Waals surface area (Å²) in [4.78, 5) is 11.9. The van der Waals surface area contributed by atoms with Crippen molar-refractivity contribution in [2.24, 2.45) is 5.16 Å². The number of aromatic nitrogens is 3. The molecule has 9 nitrogen and oxygen atoms in total. The molecule has 4 rings (SSSR count). The first kappa shape index (κ1) is 20.8. The molecular formula is C20H23ClN4O5. The third kappa shape index (κ3) is 3.28. The van der Waals surface area contributed by atoms with Crippen LogP contribution < -0.4 is 5.49 Å². The molecule has 3 heterocycles. The molecule has 160 valence electrons. The van der Waals surface area contributed by atoms with E-state index >= 15 is 0 Å². The Morgan fingerprint density at radius 3 is 2.87 bits per heavy atom. The maximum atomic E-state index is 11.0. The number of H-pyrrole nitrogens is 1. The third-order valence-electron chi connectivity index (χ3n) is 5.54. The molecule has 3 aromatic rings. The summed E-state index contributed by atoms with van der Waals surface area (Å²) < 4.78 is 7.63. The van der Waals surface area contributed by atoms with Crippen molar-refractivity contribution in [2.75, 3.05) is 7.11 Å². The fourth-order valence-corrected chi connectivity index (χ4v) is 3.95. The zero-order valence-electron chi connectivity index (χ0n) is 16.7. The Labute approximate surface area is 177 Å². The highest BCUT2D eigenvalue weighted by Crippen LogP contribution is 2.43. The Hall–Kier alpha value is -2.43. The minimum atomic E-state index is -1.72. The zero-order chi connectivity index (χ0) is 21.6. The Morgan fingerprint density at radius 2 is 2.17 bits per heavy atom. The third-order valence-corrected chi connectivity index (χ3v) is 5.96. The molecule has 1 saturated heterocycles.